The average molecular weight is 871 g/mol. The van der Waals surface area contributed by atoms with Gasteiger partial charge in [0.2, 0.25) is 0 Å². The van der Waals surface area contributed by atoms with Gasteiger partial charge in [0.05, 0.1) is 0 Å². The minimum absolute atomic E-state index is 0.0103. The third-order valence-electron chi connectivity index (χ3n) is 14.7. The van der Waals surface area contributed by atoms with Crippen LogP contribution in [0.1, 0.15) is 0 Å². The number of benzene rings is 9. The van der Waals surface area contributed by atoms with Crippen LogP contribution in [0.3, 0.4) is 0 Å². The summed E-state index contributed by atoms with van der Waals surface area (Å²) in [6, 6.07) is 0. The minimum Gasteiger partial charge on any atom is -0.456 e. The Labute approximate surface area is 472 Å². The summed E-state index contributed by atoms with van der Waals surface area (Å²) in [6.45, 7) is 0. The lowest BCUT2D eigenvalue weighted by molar-refractivity contribution is 0.673. The molecule has 29 heteroatoms. The molecule has 0 bridgehead atoms. The van der Waals surface area contributed by atoms with E-state index in [1.807, 2.05) is 0 Å². The maximum absolute atomic E-state index is 7.35. The fourth-order valence-electron chi connectivity index (χ4n) is 10.7. The van der Waals surface area contributed by atoms with Gasteiger partial charge in [0, 0.05) is 16.3 Å². The van der Waals surface area contributed by atoms with E-state index in [1.165, 1.54) is 0 Å². The normalized spacial score (nSPS) is 11.9. The molecule has 1 nitrogen and oxygen atoms in total. The fraction of sp³-hybridized carbons (Fsp3) is 0. The Hall–Kier alpha value is -4.36. The molecule has 0 N–H and O–H groups in total. The van der Waals surface area contributed by atoms with Crippen molar-refractivity contribution in [1.82, 2.24) is 0 Å². The largest absolute Gasteiger partial charge is 0.456 e. The first-order valence-corrected chi connectivity index (χ1v) is 22.0. The number of rotatable bonds is 3. The van der Waals surface area contributed by atoms with Gasteiger partial charge in [-0.25, -0.2) is 0 Å². The van der Waals surface area contributed by atoms with Crippen molar-refractivity contribution in [3.63, 3.8) is 0 Å². The zero-order valence-corrected chi connectivity index (χ0v) is 39.6. The van der Waals surface area contributed by atoms with E-state index in [9.17, 15) is 0 Å². The summed E-state index contributed by atoms with van der Waals surface area (Å²) in [4.78, 5) is 0. The molecule has 0 aliphatic carbocycles. The first-order valence-electron chi connectivity index (χ1n) is 22.0. The molecule has 10 aromatic rings. The third kappa shape index (κ3) is 6.85. The van der Waals surface area contributed by atoms with E-state index in [4.69, 9.17) is 224 Å². The topological polar surface area (TPSA) is 13.1 Å². The molecule has 9 aromatic carbocycles. The van der Waals surface area contributed by atoms with Crippen LogP contribution in [0, 0.1) is 0 Å². The first-order chi connectivity index (χ1) is 35.0. The van der Waals surface area contributed by atoms with Gasteiger partial charge < -0.3 is 4.42 Å². The van der Waals surface area contributed by atoms with Crippen LogP contribution >= 0.6 is 0 Å². The standard InChI is InChI=1S/C46B28O/c47-17-3(8-9(23(53)39(69)38(68)22(8)52)10-12(17)29(59)41(71)40(70)24(10)54)1-4-6(20(50)36(66)34(64)18(4)48)2(7-5(1)19(49)35(65)37(67)21(7)51)11-25(55)27(57)13(28(58)26(11)56)14-30(60)33(63)31(61)15-16-32(62)42(72)43(73)44(74)46(16)75-45(14)15. The molecule has 1 aromatic heterocycles. The van der Waals surface area contributed by atoms with Gasteiger partial charge in [-0.05, 0) is 70.9 Å². The monoisotopic (exact) mass is 876 g/mol. The zero-order valence-electron chi connectivity index (χ0n) is 39.6. The van der Waals surface area contributed by atoms with Crippen molar-refractivity contribution >= 4 is 438 Å². The van der Waals surface area contributed by atoms with Gasteiger partial charge in [-0.1, -0.05) is 92.9 Å². The van der Waals surface area contributed by atoms with E-state index in [0.29, 0.717) is 0 Å². The molecule has 10 rings (SSSR count). The van der Waals surface area contributed by atoms with Crippen LogP contribution in [0.4, 0.5) is 0 Å². The Morgan fingerprint density at radius 2 is 0.333 bits per heavy atom. The molecule has 0 saturated carbocycles. The highest BCUT2D eigenvalue weighted by atomic mass is 16.3. The second kappa shape index (κ2) is 18.1. The van der Waals surface area contributed by atoms with Crippen LogP contribution in [0.5, 0.6) is 0 Å². The average Bonchev–Trinajstić information content (AvgIpc) is 3.84. The lowest BCUT2D eigenvalue weighted by atomic mass is 9.55. The molecule has 0 unspecified atom stereocenters. The molecule has 0 saturated heterocycles. The van der Waals surface area contributed by atoms with Gasteiger partial charge >= 0.3 is 0 Å². The smallest absolute Gasteiger partial charge is 0.141 e. The Balaban J connectivity index is 1.49. The van der Waals surface area contributed by atoms with Crippen molar-refractivity contribution in [1.29, 1.82) is 0 Å². The molecule has 0 aliphatic rings. The molecule has 56 radical (unpaired) electrons. The molecule has 274 valence electrons. The lowest BCUT2D eigenvalue weighted by Gasteiger charge is -2.33. The maximum Gasteiger partial charge on any atom is 0.141 e. The maximum atomic E-state index is 7.35. The zero-order chi connectivity index (χ0) is 55.3. The first kappa shape index (κ1) is 54.0. The molecule has 75 heavy (non-hydrogen) atoms. The summed E-state index contributed by atoms with van der Waals surface area (Å²) in [7, 11) is 190. The Kier molecular flexibility index (Phi) is 13.0. The Bertz CT molecular complexity index is 4330. The molecular weight excluding hydrogens is 871 g/mol. The van der Waals surface area contributed by atoms with E-state index >= 15 is 0 Å². The predicted octanol–water partition coefficient (Wildman–Crippen LogP) is -20.6. The van der Waals surface area contributed by atoms with Gasteiger partial charge in [-0.15, -0.1) is 60.1 Å². The molecule has 0 fully saturated rings. The molecule has 0 aliphatic heterocycles. The van der Waals surface area contributed by atoms with E-state index in [1.54, 1.807) is 0 Å². The number of furan rings is 1. The SMILES string of the molecule is [B]c1c([B])c(-c2c3c([B])c([B])c([B])c([B])c3c(-c3c([B])c4c([B])c([B])c([B])c([B])c4c4c([B])c([B])c([B])c([B])c34)c3c([B])c([B])c([B])c([B])c23)c([B])c([B])c1-c1c([B])c([B])c([B])c2c1oc1c([B])c([B])c([B])c([B])c12. The van der Waals surface area contributed by atoms with E-state index in [0.717, 1.165) is 0 Å². The predicted molar refractivity (Wildman–Crippen MR) is 351 cm³/mol. The van der Waals surface area contributed by atoms with E-state index in [2.05, 4.69) is 0 Å². The number of hydrogen-bond acceptors (Lipinski definition) is 1. The fourth-order valence-corrected chi connectivity index (χ4v) is 10.7. The van der Waals surface area contributed by atoms with Crippen molar-refractivity contribution in [2.45, 2.75) is 0 Å². The van der Waals surface area contributed by atoms with Gasteiger partial charge in [-0.3, -0.25) is 0 Å². The van der Waals surface area contributed by atoms with Crippen LogP contribution in [0.15, 0.2) is 4.42 Å². The molecule has 0 amide bonds. The third-order valence-corrected chi connectivity index (χ3v) is 14.7. The van der Waals surface area contributed by atoms with Crippen molar-refractivity contribution in [2.24, 2.45) is 0 Å². The lowest BCUT2D eigenvalue weighted by Crippen LogP contribution is -2.52. The van der Waals surface area contributed by atoms with Gasteiger partial charge in [-0.2, -0.15) is 0 Å². The summed E-state index contributed by atoms with van der Waals surface area (Å²) in [5.74, 6) is 0. The van der Waals surface area contributed by atoms with Crippen molar-refractivity contribution < 1.29 is 4.42 Å². The highest BCUT2D eigenvalue weighted by Crippen LogP contribution is 2.42. The molecule has 1 heterocycles. The summed E-state index contributed by atoms with van der Waals surface area (Å²) in [5.41, 5.74) is -5.03. The van der Waals surface area contributed by atoms with Gasteiger partial charge in [0.1, 0.15) is 231 Å². The summed E-state index contributed by atoms with van der Waals surface area (Å²) < 4.78 is 6.38. The molecular formula is C46B28O. The second-order valence-electron chi connectivity index (χ2n) is 18.3. The van der Waals surface area contributed by atoms with Crippen LogP contribution in [-0.4, -0.2) is 220 Å². The second-order valence-corrected chi connectivity index (χ2v) is 18.3. The molecule has 0 atom stereocenters. The van der Waals surface area contributed by atoms with Crippen molar-refractivity contribution in [3.05, 3.63) is 0 Å². The number of hydrogen-bond donors (Lipinski definition) is 0. The van der Waals surface area contributed by atoms with Crippen LogP contribution in [0.25, 0.3) is 98.4 Å². The summed E-state index contributed by atoms with van der Waals surface area (Å²) >= 11 is 0. The van der Waals surface area contributed by atoms with Crippen molar-refractivity contribution in [3.8, 4) is 33.4 Å². The Morgan fingerprint density at radius 3 is 0.693 bits per heavy atom. The van der Waals surface area contributed by atoms with Crippen LogP contribution in [-0.2, 0) is 0 Å². The Morgan fingerprint density at radius 1 is 0.120 bits per heavy atom. The highest BCUT2D eigenvalue weighted by molar-refractivity contribution is 6.78. The molecule has 0 spiro atoms. The van der Waals surface area contributed by atoms with Crippen molar-refractivity contribution in [2.75, 3.05) is 0 Å². The van der Waals surface area contributed by atoms with Gasteiger partial charge in [0.25, 0.3) is 0 Å². The van der Waals surface area contributed by atoms with Crippen LogP contribution in [0.2, 0.25) is 0 Å². The minimum atomic E-state index is -0.285. The van der Waals surface area contributed by atoms with Gasteiger partial charge in [0.15, 0.2) is 0 Å². The number of fused-ring (bicyclic) bond motifs is 8. The highest BCUT2D eigenvalue weighted by Gasteiger charge is 2.32. The summed E-state index contributed by atoms with van der Waals surface area (Å²) in [6.07, 6.45) is 0. The van der Waals surface area contributed by atoms with Crippen LogP contribution < -0.4 is 153 Å². The quantitative estimate of drug-likeness (QED) is 0.0979. The van der Waals surface area contributed by atoms with E-state index < -0.39 is 0 Å². The summed E-state index contributed by atoms with van der Waals surface area (Å²) in [5, 5.41) is 0.364. The van der Waals surface area contributed by atoms with E-state index in [-0.39, 0.29) is 251 Å².